The molecule has 2 aromatic heterocycles. The fraction of sp³-hybridized carbons (Fsp3) is 0.520. The number of hydrogen-bond acceptors (Lipinski definition) is 9. The van der Waals surface area contributed by atoms with E-state index in [1.807, 2.05) is 26.8 Å². The molecule has 0 bridgehead atoms. The molecule has 11 heteroatoms. The first-order chi connectivity index (χ1) is 17.2. The van der Waals surface area contributed by atoms with Gasteiger partial charge in [0.1, 0.15) is 10.4 Å². The Morgan fingerprint density at radius 1 is 1.28 bits per heavy atom. The van der Waals surface area contributed by atoms with Crippen LogP contribution in [0.1, 0.15) is 68.1 Å². The summed E-state index contributed by atoms with van der Waals surface area (Å²) in [6.45, 7) is 6.06. The van der Waals surface area contributed by atoms with Crippen molar-refractivity contribution < 1.29 is 9.90 Å². The molecule has 1 amide bonds. The number of aliphatic hydroxyl groups excluding tert-OH is 1. The fourth-order valence-electron chi connectivity index (χ4n) is 5.04. The van der Waals surface area contributed by atoms with Crippen LogP contribution in [0, 0.1) is 5.92 Å². The summed E-state index contributed by atoms with van der Waals surface area (Å²) in [6.07, 6.45) is 11.6. The summed E-state index contributed by atoms with van der Waals surface area (Å²) in [5.41, 5.74) is 7.95. The summed E-state index contributed by atoms with van der Waals surface area (Å²) in [4.78, 5) is 27.9. The maximum Gasteiger partial charge on any atom is 0.280 e. The average molecular weight is 532 g/mol. The molecule has 0 saturated heterocycles. The molecule has 1 aliphatic heterocycles. The minimum atomic E-state index is -0.563. The number of halogens is 1. The van der Waals surface area contributed by atoms with E-state index in [0.717, 1.165) is 31.4 Å². The Hall–Kier alpha value is -2.69. The number of aliphatic hydroxyl groups is 1. The number of nitrogens with one attached hydrogen (secondary N) is 2. The number of amides is 1. The van der Waals surface area contributed by atoms with E-state index in [9.17, 15) is 9.90 Å². The molecule has 3 unspecified atom stereocenters. The third kappa shape index (κ3) is 5.99. The summed E-state index contributed by atoms with van der Waals surface area (Å²) in [5.74, 6) is 0.504. The molecule has 1 aliphatic carbocycles. The molecular weight excluding hydrogens is 498 g/mol. The van der Waals surface area contributed by atoms with Crippen molar-refractivity contribution in [1.82, 2.24) is 30.5 Å². The summed E-state index contributed by atoms with van der Waals surface area (Å²) < 4.78 is 0.487. The highest BCUT2D eigenvalue weighted by Gasteiger charge is 2.36. The normalized spacial score (nSPS) is 23.8. The predicted octanol–water partition coefficient (Wildman–Crippen LogP) is 3.36. The van der Waals surface area contributed by atoms with Gasteiger partial charge in [-0.3, -0.25) is 4.79 Å². The van der Waals surface area contributed by atoms with Crippen LogP contribution in [0.15, 0.2) is 48.3 Å². The van der Waals surface area contributed by atoms with Crippen LogP contribution in [-0.2, 0) is 0 Å². The molecule has 0 aromatic carbocycles. The standard InChI is InChI=1S/C25H34ClN7O2S/c1-14(2)22(34)15(3)33(20-11-19(30-12-18(20)27)23-28-8-5-9-29-23)17-7-4-6-16(10-17)32-24(35)25-31-13-21(26)36-25/h5,8-9,11-17,19,22,30,34H,4,6-7,10,27H2,1-3H3,(H,32,35)/t15?,16?,17-,19?,22-/m1/s1. The van der Waals surface area contributed by atoms with E-state index in [0.29, 0.717) is 20.9 Å². The lowest BCUT2D eigenvalue weighted by Crippen LogP contribution is -2.53. The van der Waals surface area contributed by atoms with Crippen molar-refractivity contribution in [2.45, 2.75) is 76.7 Å². The van der Waals surface area contributed by atoms with Gasteiger partial charge in [0.25, 0.3) is 5.91 Å². The first-order valence-electron chi connectivity index (χ1n) is 12.3. The van der Waals surface area contributed by atoms with E-state index in [-0.39, 0.29) is 36.0 Å². The molecular formula is C25H34ClN7O2S. The highest BCUT2D eigenvalue weighted by molar-refractivity contribution is 7.17. The smallest absolute Gasteiger partial charge is 0.280 e. The molecule has 194 valence electrons. The molecule has 2 aliphatic rings. The zero-order valence-electron chi connectivity index (χ0n) is 20.8. The fourth-order valence-corrected chi connectivity index (χ4v) is 5.85. The second kappa shape index (κ2) is 11.6. The van der Waals surface area contributed by atoms with E-state index >= 15 is 0 Å². The molecule has 1 fully saturated rings. The van der Waals surface area contributed by atoms with Crippen LogP contribution in [0.3, 0.4) is 0 Å². The molecule has 5 N–H and O–H groups in total. The lowest BCUT2D eigenvalue weighted by molar-refractivity contribution is 0.0159. The lowest BCUT2D eigenvalue weighted by atomic mass is 9.86. The zero-order valence-corrected chi connectivity index (χ0v) is 22.3. The van der Waals surface area contributed by atoms with E-state index in [1.165, 1.54) is 17.5 Å². The number of nitrogens with two attached hydrogens (primary N) is 1. The van der Waals surface area contributed by atoms with Crippen LogP contribution in [0.5, 0.6) is 0 Å². The Bertz CT molecular complexity index is 1110. The van der Waals surface area contributed by atoms with Gasteiger partial charge >= 0.3 is 0 Å². The minimum Gasteiger partial charge on any atom is -0.396 e. The van der Waals surface area contributed by atoms with Gasteiger partial charge in [0.05, 0.1) is 29.7 Å². The monoisotopic (exact) mass is 531 g/mol. The number of thiazole rings is 1. The Morgan fingerprint density at radius 3 is 2.69 bits per heavy atom. The summed E-state index contributed by atoms with van der Waals surface area (Å²) in [5, 5.41) is 17.9. The molecule has 3 heterocycles. The van der Waals surface area contributed by atoms with Gasteiger partial charge < -0.3 is 26.4 Å². The molecule has 5 atom stereocenters. The van der Waals surface area contributed by atoms with Gasteiger partial charge in [-0.15, -0.1) is 0 Å². The number of nitrogens with zero attached hydrogens (tertiary/aromatic N) is 4. The van der Waals surface area contributed by atoms with Gasteiger partial charge in [0.15, 0.2) is 10.8 Å². The zero-order chi connectivity index (χ0) is 25.8. The van der Waals surface area contributed by atoms with E-state index < -0.39 is 6.10 Å². The topological polar surface area (TPSA) is 129 Å². The summed E-state index contributed by atoms with van der Waals surface area (Å²) in [6, 6.07) is 1.39. The molecule has 36 heavy (non-hydrogen) atoms. The second-order valence-corrected chi connectivity index (χ2v) is 11.4. The quantitative estimate of drug-likeness (QED) is 0.408. The number of aromatic nitrogens is 3. The average Bonchev–Trinajstić information content (AvgIpc) is 3.32. The summed E-state index contributed by atoms with van der Waals surface area (Å²) >= 11 is 7.14. The van der Waals surface area contributed by atoms with Crippen LogP contribution in [0.4, 0.5) is 0 Å². The third-order valence-corrected chi connectivity index (χ3v) is 7.96. The highest BCUT2D eigenvalue weighted by Crippen LogP contribution is 2.34. The number of dihydropyridines is 1. The Balaban J connectivity index is 1.60. The van der Waals surface area contributed by atoms with Crippen molar-refractivity contribution in [2.75, 3.05) is 0 Å². The van der Waals surface area contributed by atoms with Crippen molar-refractivity contribution in [3.63, 3.8) is 0 Å². The van der Waals surface area contributed by atoms with E-state index in [1.54, 1.807) is 24.7 Å². The SMILES string of the molecule is CC(C)[C@@H](O)C(C)N(C1=CC(c2ncccn2)NC=C1N)[C@@H]1CCCC(NC(=O)c2ncc(Cl)s2)C1. The summed E-state index contributed by atoms with van der Waals surface area (Å²) in [7, 11) is 0. The first kappa shape index (κ1) is 26.4. The van der Waals surface area contributed by atoms with Gasteiger partial charge in [-0.1, -0.05) is 36.8 Å². The van der Waals surface area contributed by atoms with Crippen LogP contribution < -0.4 is 16.4 Å². The van der Waals surface area contributed by atoms with Crippen molar-refractivity contribution in [2.24, 2.45) is 11.7 Å². The predicted molar refractivity (Wildman–Crippen MR) is 141 cm³/mol. The number of rotatable bonds is 8. The van der Waals surface area contributed by atoms with Crippen molar-refractivity contribution in [3.05, 3.63) is 63.5 Å². The highest BCUT2D eigenvalue weighted by atomic mass is 35.5. The van der Waals surface area contributed by atoms with Gasteiger partial charge in [-0.05, 0) is 50.7 Å². The number of carbonyl (C=O) groups is 1. The third-order valence-electron chi connectivity index (χ3n) is 6.84. The van der Waals surface area contributed by atoms with Crippen LogP contribution >= 0.6 is 22.9 Å². The van der Waals surface area contributed by atoms with Crippen molar-refractivity contribution in [3.8, 4) is 0 Å². The Labute approximate surface area is 220 Å². The first-order valence-corrected chi connectivity index (χ1v) is 13.5. The second-order valence-electron chi connectivity index (χ2n) is 9.75. The Kier molecular flexibility index (Phi) is 8.48. The van der Waals surface area contributed by atoms with Gasteiger partial charge in [0, 0.05) is 30.7 Å². The molecule has 0 spiro atoms. The number of hydrogen-bond donors (Lipinski definition) is 4. The molecule has 4 rings (SSSR count). The van der Waals surface area contributed by atoms with Gasteiger partial charge in [-0.25, -0.2) is 15.0 Å². The lowest BCUT2D eigenvalue weighted by Gasteiger charge is -2.46. The minimum absolute atomic E-state index is 0.0226. The maximum atomic E-state index is 12.7. The van der Waals surface area contributed by atoms with E-state index in [2.05, 4.69) is 30.5 Å². The van der Waals surface area contributed by atoms with Crippen molar-refractivity contribution in [1.29, 1.82) is 0 Å². The molecule has 2 aromatic rings. The van der Waals surface area contributed by atoms with Crippen LogP contribution in [-0.4, -0.2) is 55.1 Å². The van der Waals surface area contributed by atoms with Crippen molar-refractivity contribution >= 4 is 28.8 Å². The number of carbonyl (C=O) groups excluding carboxylic acids is 1. The molecule has 9 nitrogen and oxygen atoms in total. The van der Waals surface area contributed by atoms with Gasteiger partial charge in [-0.2, -0.15) is 0 Å². The van der Waals surface area contributed by atoms with Gasteiger partial charge in [0.2, 0.25) is 0 Å². The largest absolute Gasteiger partial charge is 0.396 e. The molecule has 0 radical (unpaired) electrons. The Morgan fingerprint density at radius 2 is 2.03 bits per heavy atom. The maximum absolute atomic E-state index is 12.7. The van der Waals surface area contributed by atoms with Crippen LogP contribution in [0.25, 0.3) is 0 Å². The van der Waals surface area contributed by atoms with E-state index in [4.69, 9.17) is 17.3 Å². The molecule has 1 saturated carbocycles. The van der Waals surface area contributed by atoms with Crippen LogP contribution in [0.2, 0.25) is 4.34 Å².